The molecule has 0 radical (unpaired) electrons. The summed E-state index contributed by atoms with van der Waals surface area (Å²) in [4.78, 5) is 10.7. The fraction of sp³-hybridized carbons (Fsp3) is 0.857. The molecule has 1 rings (SSSR count). The highest BCUT2D eigenvalue weighted by molar-refractivity contribution is 7.90. The SMILES string of the molecule is CS(=O)(=O)C[C@@H]1C[C@]1(CO)C(=O)O. The van der Waals surface area contributed by atoms with Crippen LogP contribution >= 0.6 is 0 Å². The molecule has 6 heteroatoms. The van der Waals surface area contributed by atoms with Crippen molar-refractivity contribution in [3.8, 4) is 0 Å². The predicted octanol–water partition coefficient (Wildman–Crippen LogP) is -0.886. The van der Waals surface area contributed by atoms with Crippen molar-refractivity contribution < 1.29 is 23.4 Å². The van der Waals surface area contributed by atoms with Gasteiger partial charge >= 0.3 is 5.97 Å². The first-order valence-corrected chi connectivity index (χ1v) is 5.90. The third-order valence-electron chi connectivity index (χ3n) is 2.44. The Morgan fingerprint density at radius 3 is 2.38 bits per heavy atom. The number of aliphatic hydroxyl groups is 1. The Balaban J connectivity index is 2.67. The number of aliphatic hydroxyl groups excluding tert-OH is 1. The summed E-state index contributed by atoms with van der Waals surface area (Å²) in [6.45, 7) is -0.484. The summed E-state index contributed by atoms with van der Waals surface area (Å²) in [5.41, 5.74) is -1.19. The molecule has 13 heavy (non-hydrogen) atoms. The van der Waals surface area contributed by atoms with Crippen LogP contribution in [-0.2, 0) is 14.6 Å². The van der Waals surface area contributed by atoms with Crippen molar-refractivity contribution in [1.82, 2.24) is 0 Å². The summed E-state index contributed by atoms with van der Waals surface area (Å²) in [6.07, 6.45) is 1.32. The van der Waals surface area contributed by atoms with Crippen molar-refractivity contribution in [3.05, 3.63) is 0 Å². The van der Waals surface area contributed by atoms with Crippen LogP contribution in [-0.4, -0.2) is 43.2 Å². The number of sulfone groups is 1. The third-order valence-corrected chi connectivity index (χ3v) is 3.45. The van der Waals surface area contributed by atoms with Gasteiger partial charge in [0.2, 0.25) is 0 Å². The number of aliphatic carboxylic acids is 1. The van der Waals surface area contributed by atoms with Crippen LogP contribution in [0.2, 0.25) is 0 Å². The molecule has 0 spiro atoms. The molecular formula is C7H12O5S. The Hall–Kier alpha value is -0.620. The Bertz CT molecular complexity index is 320. The van der Waals surface area contributed by atoms with E-state index >= 15 is 0 Å². The Labute approximate surface area is 76.3 Å². The van der Waals surface area contributed by atoms with Crippen LogP contribution in [0.3, 0.4) is 0 Å². The molecule has 1 aliphatic rings. The van der Waals surface area contributed by atoms with E-state index in [1.165, 1.54) is 0 Å². The highest BCUT2D eigenvalue weighted by Gasteiger charge is 2.60. The van der Waals surface area contributed by atoms with E-state index in [2.05, 4.69) is 0 Å². The van der Waals surface area contributed by atoms with Gasteiger partial charge in [-0.1, -0.05) is 0 Å². The van der Waals surface area contributed by atoms with Crippen molar-refractivity contribution in [2.75, 3.05) is 18.6 Å². The summed E-state index contributed by atoms with van der Waals surface area (Å²) in [5.74, 6) is -1.69. The van der Waals surface area contributed by atoms with Crippen molar-refractivity contribution >= 4 is 15.8 Å². The summed E-state index contributed by atoms with van der Waals surface area (Å²) in [5, 5.41) is 17.5. The second-order valence-corrected chi connectivity index (χ2v) is 5.80. The molecule has 0 saturated heterocycles. The Morgan fingerprint density at radius 1 is 1.62 bits per heavy atom. The summed E-state index contributed by atoms with van der Waals surface area (Å²) >= 11 is 0. The van der Waals surface area contributed by atoms with Gasteiger partial charge in [0, 0.05) is 6.26 Å². The average molecular weight is 208 g/mol. The third kappa shape index (κ3) is 2.00. The number of hydrogen-bond acceptors (Lipinski definition) is 4. The molecule has 2 N–H and O–H groups in total. The van der Waals surface area contributed by atoms with Crippen LogP contribution in [0.15, 0.2) is 0 Å². The number of hydrogen-bond donors (Lipinski definition) is 2. The monoisotopic (exact) mass is 208 g/mol. The molecule has 2 atom stereocenters. The first kappa shape index (κ1) is 10.5. The molecule has 1 fully saturated rings. The number of carboxylic acid groups (broad SMARTS) is 1. The van der Waals surface area contributed by atoms with Gasteiger partial charge in [0.15, 0.2) is 0 Å². The second-order valence-electron chi connectivity index (χ2n) is 3.61. The number of carboxylic acids is 1. The van der Waals surface area contributed by atoms with E-state index in [0.717, 1.165) is 6.26 Å². The normalized spacial score (nSPS) is 32.9. The molecule has 76 valence electrons. The summed E-state index contributed by atoms with van der Waals surface area (Å²) in [7, 11) is -3.15. The van der Waals surface area contributed by atoms with Crippen molar-refractivity contribution in [2.45, 2.75) is 6.42 Å². The standard InChI is InChI=1S/C7H12O5S/c1-13(11,12)3-5-2-7(5,4-8)6(9)10/h5,8H,2-4H2,1H3,(H,9,10)/t5-,7+/m0/s1. The summed E-state index contributed by atoms with van der Waals surface area (Å²) in [6, 6.07) is 0. The van der Waals surface area contributed by atoms with Gasteiger partial charge in [0.25, 0.3) is 0 Å². The molecule has 0 bridgehead atoms. The molecule has 0 aromatic rings. The quantitative estimate of drug-likeness (QED) is 0.625. The van der Waals surface area contributed by atoms with Crippen LogP contribution in [0.5, 0.6) is 0 Å². The highest BCUT2D eigenvalue weighted by Crippen LogP contribution is 2.52. The highest BCUT2D eigenvalue weighted by atomic mass is 32.2. The maximum atomic E-state index is 10.8. The topological polar surface area (TPSA) is 91.7 Å². The molecule has 0 heterocycles. The maximum Gasteiger partial charge on any atom is 0.312 e. The minimum atomic E-state index is -3.15. The van der Waals surface area contributed by atoms with Gasteiger partial charge in [-0.15, -0.1) is 0 Å². The first-order valence-electron chi connectivity index (χ1n) is 3.84. The molecule has 1 saturated carbocycles. The van der Waals surface area contributed by atoms with Gasteiger partial charge in [0.1, 0.15) is 9.84 Å². The largest absolute Gasteiger partial charge is 0.481 e. The minimum absolute atomic E-state index is 0.153. The summed E-state index contributed by atoms with van der Waals surface area (Å²) < 4.78 is 21.7. The van der Waals surface area contributed by atoms with Crippen LogP contribution in [0.1, 0.15) is 6.42 Å². The molecular weight excluding hydrogens is 196 g/mol. The fourth-order valence-electron chi connectivity index (χ4n) is 1.49. The molecule has 0 amide bonds. The van der Waals surface area contributed by atoms with Crippen LogP contribution < -0.4 is 0 Å². The minimum Gasteiger partial charge on any atom is -0.481 e. The Morgan fingerprint density at radius 2 is 2.15 bits per heavy atom. The second kappa shape index (κ2) is 2.95. The van der Waals surface area contributed by atoms with Crippen LogP contribution in [0, 0.1) is 11.3 Å². The van der Waals surface area contributed by atoms with Crippen LogP contribution in [0.25, 0.3) is 0 Å². The smallest absolute Gasteiger partial charge is 0.312 e. The molecule has 1 aliphatic carbocycles. The maximum absolute atomic E-state index is 10.8. The van der Waals surface area contributed by atoms with Gasteiger partial charge in [0.05, 0.1) is 17.8 Å². The molecule has 0 aliphatic heterocycles. The lowest BCUT2D eigenvalue weighted by molar-refractivity contribution is -0.145. The van der Waals surface area contributed by atoms with Crippen LogP contribution in [0.4, 0.5) is 0 Å². The van der Waals surface area contributed by atoms with Crippen molar-refractivity contribution in [2.24, 2.45) is 11.3 Å². The predicted molar refractivity (Wildman–Crippen MR) is 45.0 cm³/mol. The van der Waals surface area contributed by atoms with E-state index in [9.17, 15) is 13.2 Å². The Kier molecular flexibility index (Phi) is 2.38. The van der Waals surface area contributed by atoms with Gasteiger partial charge in [-0.2, -0.15) is 0 Å². The number of rotatable bonds is 4. The fourth-order valence-corrected chi connectivity index (χ4v) is 2.66. The van der Waals surface area contributed by atoms with Crippen molar-refractivity contribution in [1.29, 1.82) is 0 Å². The van der Waals surface area contributed by atoms with Gasteiger partial charge in [-0.25, -0.2) is 8.42 Å². The van der Waals surface area contributed by atoms with Gasteiger partial charge in [-0.3, -0.25) is 4.79 Å². The zero-order chi connectivity index (χ0) is 10.3. The lowest BCUT2D eigenvalue weighted by Crippen LogP contribution is -2.24. The lowest BCUT2D eigenvalue weighted by atomic mass is 10.1. The van der Waals surface area contributed by atoms with Gasteiger partial charge in [-0.05, 0) is 12.3 Å². The van der Waals surface area contributed by atoms with E-state index in [1.54, 1.807) is 0 Å². The van der Waals surface area contributed by atoms with Gasteiger partial charge < -0.3 is 10.2 Å². The lowest BCUT2D eigenvalue weighted by Gasteiger charge is -2.06. The molecule has 0 unspecified atom stereocenters. The first-order chi connectivity index (χ1) is 5.82. The van der Waals surface area contributed by atoms with E-state index in [0.29, 0.717) is 0 Å². The molecule has 0 aromatic carbocycles. The van der Waals surface area contributed by atoms with E-state index in [4.69, 9.17) is 10.2 Å². The van der Waals surface area contributed by atoms with E-state index in [-0.39, 0.29) is 12.2 Å². The zero-order valence-corrected chi connectivity index (χ0v) is 8.04. The average Bonchev–Trinajstić information content (AvgIpc) is 2.60. The van der Waals surface area contributed by atoms with Crippen molar-refractivity contribution in [3.63, 3.8) is 0 Å². The van der Waals surface area contributed by atoms with E-state index < -0.39 is 33.7 Å². The number of carbonyl (C=O) groups is 1. The van der Waals surface area contributed by atoms with E-state index in [1.807, 2.05) is 0 Å². The molecule has 5 nitrogen and oxygen atoms in total. The zero-order valence-electron chi connectivity index (χ0n) is 7.23. The molecule has 0 aromatic heterocycles.